The lowest BCUT2D eigenvalue weighted by Gasteiger charge is -2.34. The molecule has 1 aliphatic heterocycles. The predicted octanol–water partition coefficient (Wildman–Crippen LogP) is 5.08. The number of hydrogen-bond acceptors (Lipinski definition) is 7. The molecule has 3 aromatic heterocycles. The van der Waals surface area contributed by atoms with Crippen LogP contribution in [0.5, 0.6) is 0 Å². The van der Waals surface area contributed by atoms with Gasteiger partial charge in [-0.1, -0.05) is 44.9 Å². The van der Waals surface area contributed by atoms with Crippen molar-refractivity contribution in [2.75, 3.05) is 23.9 Å². The van der Waals surface area contributed by atoms with Crippen molar-refractivity contribution in [1.29, 1.82) is 0 Å². The van der Waals surface area contributed by atoms with E-state index in [1.807, 2.05) is 41.1 Å². The normalized spacial score (nSPS) is 16.9. The first-order valence-corrected chi connectivity index (χ1v) is 14.6. The van der Waals surface area contributed by atoms with Gasteiger partial charge in [0.2, 0.25) is 0 Å². The van der Waals surface area contributed by atoms with Crippen LogP contribution in [0.4, 0.5) is 11.6 Å². The number of rotatable bonds is 5. The van der Waals surface area contributed by atoms with Gasteiger partial charge in [-0.05, 0) is 61.1 Å². The van der Waals surface area contributed by atoms with Gasteiger partial charge >= 0.3 is 0 Å². The van der Waals surface area contributed by atoms with Gasteiger partial charge in [-0.15, -0.1) is 11.8 Å². The summed E-state index contributed by atoms with van der Waals surface area (Å²) >= 11 is 1.57. The van der Waals surface area contributed by atoms with Crippen LogP contribution in [-0.4, -0.2) is 48.9 Å². The van der Waals surface area contributed by atoms with Crippen molar-refractivity contribution in [2.45, 2.75) is 50.8 Å². The Morgan fingerprint density at radius 1 is 1.12 bits per heavy atom. The molecule has 2 amide bonds. The lowest BCUT2D eigenvalue weighted by atomic mass is 9.88. The number of thioether (sulfide) groups is 1. The minimum absolute atomic E-state index is 0.0217. The number of nitrogens with one attached hydrogen (secondary N) is 1. The number of likely N-dealkylation sites (tertiary alicyclic amines) is 1. The number of carbonyl (C=O) groups is 2. The van der Waals surface area contributed by atoms with Gasteiger partial charge in [0.05, 0.1) is 0 Å². The number of nitrogens with two attached hydrogens (primary N) is 1. The van der Waals surface area contributed by atoms with E-state index in [0.29, 0.717) is 40.8 Å². The Bertz CT molecular complexity index is 1680. The van der Waals surface area contributed by atoms with Crippen molar-refractivity contribution in [3.63, 3.8) is 0 Å². The molecule has 1 atom stereocenters. The zero-order valence-corrected chi connectivity index (χ0v) is 24.7. The third-order valence-corrected chi connectivity index (χ3v) is 8.65. The van der Waals surface area contributed by atoms with Crippen LogP contribution in [0.15, 0.2) is 55.0 Å². The van der Waals surface area contributed by atoms with Gasteiger partial charge in [-0.2, -0.15) is 0 Å². The first-order chi connectivity index (χ1) is 19.6. The quantitative estimate of drug-likeness (QED) is 0.323. The number of nitrogen functional groups attached to an aromatic ring is 1. The van der Waals surface area contributed by atoms with Gasteiger partial charge < -0.3 is 16.0 Å². The van der Waals surface area contributed by atoms with Crippen LogP contribution >= 0.6 is 11.8 Å². The molecule has 1 saturated heterocycles. The molecular weight excluding hydrogens is 534 g/mol. The topological polar surface area (TPSA) is 119 Å². The second-order valence-electron chi connectivity index (χ2n) is 11.0. The number of fused-ring (bicyclic) bond motifs is 1. The monoisotopic (exact) mass is 567 g/mol. The molecule has 4 heterocycles. The van der Waals surface area contributed by atoms with E-state index in [2.05, 4.69) is 47.9 Å². The number of hydrogen-bond donors (Lipinski definition) is 2. The van der Waals surface area contributed by atoms with E-state index in [0.717, 1.165) is 24.0 Å². The van der Waals surface area contributed by atoms with Crippen molar-refractivity contribution >= 4 is 40.7 Å². The molecule has 1 aromatic carbocycles. The van der Waals surface area contributed by atoms with Gasteiger partial charge in [0.1, 0.15) is 27.7 Å². The molecule has 0 saturated carbocycles. The predicted molar refractivity (Wildman–Crippen MR) is 163 cm³/mol. The molecule has 1 fully saturated rings. The van der Waals surface area contributed by atoms with Gasteiger partial charge in [-0.25, -0.2) is 15.0 Å². The maximum Gasteiger partial charge on any atom is 0.299 e. The number of benzene rings is 1. The van der Waals surface area contributed by atoms with Crippen LogP contribution in [0.2, 0.25) is 0 Å². The Balaban J connectivity index is 1.49. The number of imidazole rings is 1. The van der Waals surface area contributed by atoms with Crippen molar-refractivity contribution in [3.05, 3.63) is 71.9 Å². The van der Waals surface area contributed by atoms with E-state index in [1.165, 1.54) is 0 Å². The zero-order chi connectivity index (χ0) is 29.4. The molecule has 9 nitrogen and oxygen atoms in total. The SMILES string of the molecule is CC#CC(=O)N1CCCC1(SC)c1nc(-c2ccc(C(=O)Nc3ccc(C(C)(C)C)cn3)cc2)c2c(N)nccn12. The lowest BCUT2D eigenvalue weighted by molar-refractivity contribution is -0.127. The summed E-state index contributed by atoms with van der Waals surface area (Å²) in [6.07, 6.45) is 8.79. The van der Waals surface area contributed by atoms with E-state index < -0.39 is 4.87 Å². The van der Waals surface area contributed by atoms with Crippen LogP contribution < -0.4 is 11.1 Å². The maximum absolute atomic E-state index is 13.0. The summed E-state index contributed by atoms with van der Waals surface area (Å²) in [6.45, 7) is 8.60. The molecule has 5 rings (SSSR count). The molecule has 210 valence electrons. The highest BCUT2D eigenvalue weighted by molar-refractivity contribution is 7.99. The van der Waals surface area contributed by atoms with Gasteiger partial charge in [0, 0.05) is 36.3 Å². The first-order valence-electron chi connectivity index (χ1n) is 13.4. The fraction of sp³-hybridized carbons (Fsp3) is 0.323. The summed E-state index contributed by atoms with van der Waals surface area (Å²) in [5.41, 5.74) is 9.99. The molecule has 1 unspecified atom stereocenters. The molecule has 1 aliphatic rings. The van der Waals surface area contributed by atoms with Gasteiger partial charge in [0.25, 0.3) is 11.8 Å². The molecule has 41 heavy (non-hydrogen) atoms. The van der Waals surface area contributed by atoms with E-state index >= 15 is 0 Å². The van der Waals surface area contributed by atoms with Crippen molar-refractivity contribution in [2.24, 2.45) is 0 Å². The smallest absolute Gasteiger partial charge is 0.299 e. The van der Waals surface area contributed by atoms with Crippen molar-refractivity contribution < 1.29 is 9.59 Å². The van der Waals surface area contributed by atoms with Crippen LogP contribution in [-0.2, 0) is 15.1 Å². The second kappa shape index (κ2) is 10.9. The fourth-order valence-electron chi connectivity index (χ4n) is 5.19. The number of aromatic nitrogens is 4. The molecule has 3 N–H and O–H groups in total. The Kier molecular flexibility index (Phi) is 7.49. The molecule has 0 spiro atoms. The number of carbonyl (C=O) groups excluding carboxylic acids is 2. The summed E-state index contributed by atoms with van der Waals surface area (Å²) < 4.78 is 1.92. The van der Waals surface area contributed by atoms with Crippen LogP contribution in [0.25, 0.3) is 16.8 Å². The fourth-order valence-corrected chi connectivity index (χ4v) is 6.26. The number of nitrogens with zero attached hydrogens (tertiary/aromatic N) is 5. The van der Waals surface area contributed by atoms with Gasteiger partial charge in [-0.3, -0.25) is 14.0 Å². The van der Waals surface area contributed by atoms with E-state index in [4.69, 9.17) is 10.7 Å². The third kappa shape index (κ3) is 5.13. The molecular formula is C31H33N7O2S. The Labute approximate surface area is 244 Å². The lowest BCUT2D eigenvalue weighted by Crippen LogP contribution is -2.43. The Morgan fingerprint density at radius 2 is 1.88 bits per heavy atom. The standard InChI is InChI=1S/C31H33N7O2S/c1-6-8-24(39)38-17-7-15-31(38,41-5)29-36-25(26-27(32)33-16-18-37(26)29)20-9-11-21(12-10-20)28(40)35-23-14-13-22(19-34-23)30(2,3)4/h9-14,16,18-19H,7,15,17H2,1-5H3,(H2,32,33)(H,34,35,40). The van der Waals surface area contributed by atoms with Crippen molar-refractivity contribution in [1.82, 2.24) is 24.3 Å². The van der Waals surface area contributed by atoms with Crippen LogP contribution in [0.1, 0.15) is 62.3 Å². The first kappa shape index (κ1) is 28.2. The molecule has 10 heteroatoms. The number of pyridine rings is 1. The third-order valence-electron chi connectivity index (χ3n) is 7.37. The van der Waals surface area contributed by atoms with E-state index in [9.17, 15) is 9.59 Å². The molecule has 0 bridgehead atoms. The Hall–Kier alpha value is -4.36. The molecule has 4 aromatic rings. The second-order valence-corrected chi connectivity index (χ2v) is 12.0. The highest BCUT2D eigenvalue weighted by Crippen LogP contribution is 2.47. The molecule has 0 radical (unpaired) electrons. The summed E-state index contributed by atoms with van der Waals surface area (Å²) in [4.78, 5) is 40.9. The maximum atomic E-state index is 13.0. The van der Waals surface area contributed by atoms with E-state index in [-0.39, 0.29) is 17.2 Å². The van der Waals surface area contributed by atoms with Crippen LogP contribution in [0, 0.1) is 11.8 Å². The largest absolute Gasteiger partial charge is 0.382 e. The molecule has 0 aliphatic carbocycles. The number of anilines is 2. The summed E-state index contributed by atoms with van der Waals surface area (Å²) in [5, 5.41) is 2.86. The average Bonchev–Trinajstić information content (AvgIpc) is 3.57. The van der Waals surface area contributed by atoms with Crippen molar-refractivity contribution in [3.8, 4) is 23.1 Å². The Morgan fingerprint density at radius 3 is 2.51 bits per heavy atom. The van der Waals surface area contributed by atoms with Crippen LogP contribution in [0.3, 0.4) is 0 Å². The highest BCUT2D eigenvalue weighted by Gasteiger charge is 2.48. The zero-order valence-electron chi connectivity index (χ0n) is 23.9. The number of amides is 2. The van der Waals surface area contributed by atoms with Gasteiger partial charge in [0.15, 0.2) is 5.82 Å². The average molecular weight is 568 g/mol. The minimum atomic E-state index is -0.703. The summed E-state index contributed by atoms with van der Waals surface area (Å²) in [7, 11) is 0. The highest BCUT2D eigenvalue weighted by atomic mass is 32.2. The summed E-state index contributed by atoms with van der Waals surface area (Å²) in [5.74, 6) is 6.45. The summed E-state index contributed by atoms with van der Waals surface area (Å²) in [6, 6.07) is 11.0. The van der Waals surface area contributed by atoms with E-state index in [1.54, 1.807) is 48.1 Å². The minimum Gasteiger partial charge on any atom is -0.382 e.